The molecule has 0 amide bonds. The molecule has 0 rings (SSSR count). The van der Waals surface area contributed by atoms with Crippen LogP contribution in [0.3, 0.4) is 0 Å². The minimum atomic E-state index is -0.876. The van der Waals surface area contributed by atoms with Gasteiger partial charge in [-0.25, -0.2) is 0 Å². The summed E-state index contributed by atoms with van der Waals surface area (Å²) in [5.74, 6) is -1.85. The number of esters is 1. The number of carbonyl (C=O) groups is 2. The van der Waals surface area contributed by atoms with Crippen LogP contribution < -0.4 is 0 Å². The maximum atomic E-state index is 11.6. The van der Waals surface area contributed by atoms with Crippen LogP contribution >= 0.6 is 0 Å². The Kier molecular flexibility index (Phi) is 25.3. The van der Waals surface area contributed by atoms with Crippen LogP contribution in [0.25, 0.3) is 0 Å². The lowest BCUT2D eigenvalue weighted by Gasteiger charge is -2.11. The normalized spacial score (nSPS) is 12.3. The minimum Gasteiger partial charge on any atom is -0.481 e. The van der Waals surface area contributed by atoms with E-state index in [2.05, 4.69) is 19.1 Å². The number of aliphatic carboxylic acids is 1. The fourth-order valence-electron chi connectivity index (χ4n) is 4.30. The highest BCUT2D eigenvalue weighted by Gasteiger charge is 2.21. The Balaban J connectivity index is 3.36. The Morgan fingerprint density at radius 1 is 0.647 bits per heavy atom. The summed E-state index contributed by atoms with van der Waals surface area (Å²) in [6.45, 7) is 4.56. The Bertz CT molecular complexity index is 486. The van der Waals surface area contributed by atoms with Gasteiger partial charge in [-0.05, 0) is 32.1 Å². The molecule has 0 heterocycles. The van der Waals surface area contributed by atoms with Gasteiger partial charge in [-0.15, -0.1) is 0 Å². The summed E-state index contributed by atoms with van der Waals surface area (Å²) in [6.07, 6.45) is 30.7. The summed E-state index contributed by atoms with van der Waals surface area (Å²) < 4.78 is 5.02. The minimum absolute atomic E-state index is 0.00608. The van der Waals surface area contributed by atoms with Crippen LogP contribution in [0.15, 0.2) is 12.2 Å². The first-order valence-corrected chi connectivity index (χ1v) is 14.6. The van der Waals surface area contributed by atoms with E-state index in [1.165, 1.54) is 109 Å². The largest absolute Gasteiger partial charge is 0.481 e. The Morgan fingerprint density at radius 2 is 1.09 bits per heavy atom. The SMILES string of the molecule is CCCC/C=C/CCCCCCCCCCCCCCCCCC(CC(=O)OCCC)C(=O)O. The van der Waals surface area contributed by atoms with Crippen LogP contribution in [0.5, 0.6) is 0 Å². The zero-order valence-corrected chi connectivity index (χ0v) is 22.7. The van der Waals surface area contributed by atoms with Crippen LogP contribution in [0.1, 0.15) is 155 Å². The zero-order chi connectivity index (χ0) is 25.1. The van der Waals surface area contributed by atoms with Gasteiger partial charge in [0, 0.05) is 0 Å². The molecular formula is C30H56O4. The molecule has 0 fully saturated rings. The number of ether oxygens (including phenoxy) is 1. The van der Waals surface area contributed by atoms with Gasteiger partial charge in [0.2, 0.25) is 0 Å². The Hall–Kier alpha value is -1.32. The molecule has 0 saturated carbocycles. The highest BCUT2D eigenvalue weighted by Crippen LogP contribution is 2.18. The third kappa shape index (κ3) is 23.8. The lowest BCUT2D eigenvalue weighted by Crippen LogP contribution is -2.19. The molecule has 0 saturated heterocycles. The first-order valence-electron chi connectivity index (χ1n) is 14.6. The molecular weight excluding hydrogens is 424 g/mol. The van der Waals surface area contributed by atoms with E-state index >= 15 is 0 Å². The monoisotopic (exact) mass is 480 g/mol. The Morgan fingerprint density at radius 3 is 1.53 bits per heavy atom. The number of hydrogen-bond donors (Lipinski definition) is 1. The summed E-state index contributed by atoms with van der Waals surface area (Å²) in [5, 5.41) is 9.30. The van der Waals surface area contributed by atoms with Gasteiger partial charge < -0.3 is 9.84 Å². The summed E-state index contributed by atoms with van der Waals surface area (Å²) in [6, 6.07) is 0. The molecule has 4 heteroatoms. The van der Waals surface area contributed by atoms with Crippen molar-refractivity contribution < 1.29 is 19.4 Å². The van der Waals surface area contributed by atoms with Crippen LogP contribution in [-0.4, -0.2) is 23.7 Å². The van der Waals surface area contributed by atoms with Crippen molar-refractivity contribution in [3.05, 3.63) is 12.2 Å². The van der Waals surface area contributed by atoms with Gasteiger partial charge in [-0.1, -0.05) is 129 Å². The standard InChI is InChI=1S/C30H56O4/c1-3-5-6-7-8-9-10-11-12-13-14-15-16-17-18-19-20-21-22-23-24-25-28(30(32)33)27-29(31)34-26-4-2/h7-8,28H,3-6,9-27H2,1-2H3,(H,32,33)/b8-7+. The van der Waals surface area contributed by atoms with E-state index in [4.69, 9.17) is 4.74 Å². The fourth-order valence-corrected chi connectivity index (χ4v) is 4.30. The van der Waals surface area contributed by atoms with Crippen LogP contribution in [0.2, 0.25) is 0 Å². The number of carboxylic acid groups (broad SMARTS) is 1. The van der Waals surface area contributed by atoms with Crippen molar-refractivity contribution in [1.29, 1.82) is 0 Å². The maximum Gasteiger partial charge on any atom is 0.307 e. The second-order valence-corrected chi connectivity index (χ2v) is 9.95. The van der Waals surface area contributed by atoms with Crippen molar-refractivity contribution in [2.45, 2.75) is 155 Å². The van der Waals surface area contributed by atoms with Crippen molar-refractivity contribution in [3.8, 4) is 0 Å². The molecule has 1 unspecified atom stereocenters. The summed E-state index contributed by atoms with van der Waals surface area (Å²) in [5.41, 5.74) is 0. The van der Waals surface area contributed by atoms with E-state index in [-0.39, 0.29) is 12.4 Å². The molecule has 0 aromatic heterocycles. The number of allylic oxidation sites excluding steroid dienone is 2. The predicted molar refractivity (Wildman–Crippen MR) is 144 cm³/mol. The van der Waals surface area contributed by atoms with Gasteiger partial charge in [0.15, 0.2) is 0 Å². The van der Waals surface area contributed by atoms with E-state index in [9.17, 15) is 14.7 Å². The second-order valence-electron chi connectivity index (χ2n) is 9.95. The maximum absolute atomic E-state index is 11.6. The van der Waals surface area contributed by atoms with Crippen molar-refractivity contribution in [2.75, 3.05) is 6.61 Å². The molecule has 0 aromatic carbocycles. The average Bonchev–Trinajstić information content (AvgIpc) is 2.82. The lowest BCUT2D eigenvalue weighted by molar-refractivity contribution is -0.151. The topological polar surface area (TPSA) is 63.6 Å². The van der Waals surface area contributed by atoms with Gasteiger partial charge in [0.25, 0.3) is 0 Å². The fraction of sp³-hybridized carbons (Fsp3) is 0.867. The predicted octanol–water partition coefficient (Wildman–Crippen LogP) is 9.41. The average molecular weight is 481 g/mol. The van der Waals surface area contributed by atoms with Crippen molar-refractivity contribution in [1.82, 2.24) is 0 Å². The smallest absolute Gasteiger partial charge is 0.307 e. The van der Waals surface area contributed by atoms with Crippen LogP contribution in [0, 0.1) is 5.92 Å². The Labute approximate surface area is 211 Å². The number of hydrogen-bond acceptors (Lipinski definition) is 3. The van der Waals surface area contributed by atoms with Gasteiger partial charge in [-0.2, -0.15) is 0 Å². The van der Waals surface area contributed by atoms with Crippen molar-refractivity contribution in [2.24, 2.45) is 5.92 Å². The molecule has 200 valence electrons. The van der Waals surface area contributed by atoms with Crippen molar-refractivity contribution in [3.63, 3.8) is 0 Å². The van der Waals surface area contributed by atoms with Gasteiger partial charge in [0.05, 0.1) is 18.9 Å². The highest BCUT2D eigenvalue weighted by atomic mass is 16.5. The van der Waals surface area contributed by atoms with Gasteiger partial charge in [0.1, 0.15) is 0 Å². The summed E-state index contributed by atoms with van der Waals surface area (Å²) in [7, 11) is 0. The first-order chi connectivity index (χ1) is 16.6. The first kappa shape index (κ1) is 32.7. The van der Waals surface area contributed by atoms with Crippen molar-refractivity contribution >= 4 is 11.9 Å². The second kappa shape index (κ2) is 26.3. The van der Waals surface area contributed by atoms with E-state index < -0.39 is 11.9 Å². The number of carbonyl (C=O) groups excluding carboxylic acids is 1. The molecule has 1 N–H and O–H groups in total. The third-order valence-electron chi connectivity index (χ3n) is 6.54. The number of unbranched alkanes of at least 4 members (excludes halogenated alkanes) is 17. The molecule has 0 aliphatic rings. The molecule has 0 aromatic rings. The van der Waals surface area contributed by atoms with Gasteiger partial charge in [-0.3, -0.25) is 9.59 Å². The zero-order valence-electron chi connectivity index (χ0n) is 22.7. The lowest BCUT2D eigenvalue weighted by atomic mass is 9.97. The van der Waals surface area contributed by atoms with E-state index in [0.717, 1.165) is 19.3 Å². The highest BCUT2D eigenvalue weighted by molar-refractivity contribution is 5.78. The van der Waals surface area contributed by atoms with Crippen LogP contribution in [-0.2, 0) is 14.3 Å². The summed E-state index contributed by atoms with van der Waals surface area (Å²) >= 11 is 0. The quantitative estimate of drug-likeness (QED) is 0.0760. The van der Waals surface area contributed by atoms with E-state index in [1.807, 2.05) is 6.92 Å². The summed E-state index contributed by atoms with van der Waals surface area (Å²) in [4.78, 5) is 23.0. The molecule has 0 aliphatic heterocycles. The van der Waals surface area contributed by atoms with Gasteiger partial charge >= 0.3 is 11.9 Å². The molecule has 0 aliphatic carbocycles. The molecule has 4 nitrogen and oxygen atoms in total. The molecule has 0 radical (unpaired) electrons. The molecule has 34 heavy (non-hydrogen) atoms. The molecule has 1 atom stereocenters. The number of carboxylic acids is 1. The molecule has 0 bridgehead atoms. The van der Waals surface area contributed by atoms with Crippen LogP contribution in [0.4, 0.5) is 0 Å². The molecule has 0 spiro atoms. The third-order valence-corrected chi connectivity index (χ3v) is 6.54. The van der Waals surface area contributed by atoms with E-state index in [1.54, 1.807) is 0 Å². The van der Waals surface area contributed by atoms with E-state index in [0.29, 0.717) is 13.0 Å². The number of rotatable bonds is 26.